The van der Waals surface area contributed by atoms with E-state index in [1.165, 1.54) is 0 Å². The van der Waals surface area contributed by atoms with Crippen molar-refractivity contribution in [1.82, 2.24) is 0 Å². The molecule has 0 saturated carbocycles. The zero-order valence-corrected chi connectivity index (χ0v) is 15.6. The first kappa shape index (κ1) is 16.5. The largest absolute Gasteiger partial charge is 0.492 e. The van der Waals surface area contributed by atoms with E-state index in [0.717, 1.165) is 31.5 Å². The van der Waals surface area contributed by atoms with E-state index in [-0.39, 0.29) is 0 Å². The predicted octanol–water partition coefficient (Wildman–Crippen LogP) is 6.32. The molecular formula is C16H14Br2ClNO. The Morgan fingerprint density at radius 3 is 2.48 bits per heavy atom. The van der Waals surface area contributed by atoms with Gasteiger partial charge in [0.05, 0.1) is 21.2 Å². The van der Waals surface area contributed by atoms with Crippen molar-refractivity contribution in [3.8, 4) is 5.75 Å². The summed E-state index contributed by atoms with van der Waals surface area (Å²) in [6.45, 7) is 4.58. The van der Waals surface area contributed by atoms with Crippen LogP contribution in [0.3, 0.4) is 0 Å². The normalized spacial score (nSPS) is 11.1. The van der Waals surface area contributed by atoms with Crippen LogP contribution in [0, 0.1) is 6.92 Å². The smallest absolute Gasteiger partial charge is 0.147 e. The van der Waals surface area contributed by atoms with Crippen molar-refractivity contribution < 1.29 is 4.74 Å². The standard InChI is InChI=1S/C16H14Br2ClNO/c1-3-21-16-13(17)6-11(7-14(16)18)9-20-15-8-12(19)5-4-10(15)2/h4-9H,3H2,1-2H3. The third-order valence-electron chi connectivity index (χ3n) is 2.83. The minimum absolute atomic E-state index is 0.617. The van der Waals surface area contributed by atoms with Gasteiger partial charge in [0.25, 0.3) is 0 Å². The molecule has 0 aliphatic heterocycles. The summed E-state index contributed by atoms with van der Waals surface area (Å²) in [5.41, 5.74) is 2.92. The van der Waals surface area contributed by atoms with Crippen LogP contribution in [0.5, 0.6) is 5.75 Å². The van der Waals surface area contributed by atoms with Gasteiger partial charge in [-0.25, -0.2) is 0 Å². The minimum Gasteiger partial charge on any atom is -0.492 e. The molecule has 21 heavy (non-hydrogen) atoms. The monoisotopic (exact) mass is 429 g/mol. The second-order valence-electron chi connectivity index (χ2n) is 4.44. The second kappa shape index (κ2) is 7.43. The molecule has 0 aromatic heterocycles. The number of aryl methyl sites for hydroxylation is 1. The minimum atomic E-state index is 0.617. The van der Waals surface area contributed by atoms with Crippen LogP contribution >= 0.6 is 43.5 Å². The van der Waals surface area contributed by atoms with Crippen molar-refractivity contribution in [3.05, 3.63) is 55.4 Å². The maximum absolute atomic E-state index is 6.00. The number of nitrogens with zero attached hydrogens (tertiary/aromatic N) is 1. The van der Waals surface area contributed by atoms with Crippen LogP contribution in [0.4, 0.5) is 5.69 Å². The molecule has 0 heterocycles. The molecule has 2 aromatic rings. The van der Waals surface area contributed by atoms with Crippen LogP contribution < -0.4 is 4.74 Å². The highest BCUT2D eigenvalue weighted by atomic mass is 79.9. The van der Waals surface area contributed by atoms with Gasteiger partial charge in [-0.15, -0.1) is 0 Å². The molecule has 0 saturated heterocycles. The zero-order valence-electron chi connectivity index (χ0n) is 11.7. The Balaban J connectivity index is 2.31. The molecule has 0 amide bonds. The molecule has 110 valence electrons. The van der Waals surface area contributed by atoms with E-state index in [1.807, 2.05) is 50.4 Å². The predicted molar refractivity (Wildman–Crippen MR) is 96.5 cm³/mol. The SMILES string of the molecule is CCOc1c(Br)cc(C=Nc2cc(Cl)ccc2C)cc1Br. The highest BCUT2D eigenvalue weighted by Gasteiger charge is 2.07. The summed E-state index contributed by atoms with van der Waals surface area (Å²) < 4.78 is 7.35. The quantitative estimate of drug-likeness (QED) is 0.519. The van der Waals surface area contributed by atoms with E-state index in [1.54, 1.807) is 0 Å². The lowest BCUT2D eigenvalue weighted by atomic mass is 10.2. The summed E-state index contributed by atoms with van der Waals surface area (Å²) in [4.78, 5) is 4.50. The highest BCUT2D eigenvalue weighted by molar-refractivity contribution is 9.11. The summed E-state index contributed by atoms with van der Waals surface area (Å²) >= 11 is 13.0. The summed E-state index contributed by atoms with van der Waals surface area (Å²) in [7, 11) is 0. The molecule has 0 unspecified atom stereocenters. The molecule has 2 rings (SSSR count). The molecule has 0 fully saturated rings. The van der Waals surface area contributed by atoms with Crippen molar-refractivity contribution in [2.24, 2.45) is 4.99 Å². The van der Waals surface area contributed by atoms with Crippen LogP contribution in [0.15, 0.2) is 44.3 Å². The van der Waals surface area contributed by atoms with Crippen LogP contribution in [0.25, 0.3) is 0 Å². The molecule has 5 heteroatoms. The van der Waals surface area contributed by atoms with Gasteiger partial charge in [-0.3, -0.25) is 4.99 Å². The van der Waals surface area contributed by atoms with Gasteiger partial charge in [-0.1, -0.05) is 17.7 Å². The molecule has 0 radical (unpaired) electrons. The summed E-state index contributed by atoms with van der Waals surface area (Å²) in [5.74, 6) is 0.800. The van der Waals surface area contributed by atoms with Crippen LogP contribution in [-0.4, -0.2) is 12.8 Å². The molecule has 0 atom stereocenters. The van der Waals surface area contributed by atoms with E-state index < -0.39 is 0 Å². The van der Waals surface area contributed by atoms with E-state index in [2.05, 4.69) is 36.9 Å². The van der Waals surface area contributed by atoms with Gasteiger partial charge >= 0.3 is 0 Å². The Morgan fingerprint density at radius 2 is 1.86 bits per heavy atom. The number of ether oxygens (including phenoxy) is 1. The Morgan fingerprint density at radius 1 is 1.19 bits per heavy atom. The fourth-order valence-electron chi connectivity index (χ4n) is 1.80. The first-order valence-electron chi connectivity index (χ1n) is 6.43. The Hall–Kier alpha value is -0.840. The van der Waals surface area contributed by atoms with Gasteiger partial charge in [0.1, 0.15) is 5.75 Å². The first-order chi connectivity index (χ1) is 10.0. The number of hydrogen-bond acceptors (Lipinski definition) is 2. The van der Waals surface area contributed by atoms with E-state index in [9.17, 15) is 0 Å². The molecule has 0 bridgehead atoms. The van der Waals surface area contributed by atoms with E-state index in [0.29, 0.717) is 11.6 Å². The molecule has 0 spiro atoms. The fourth-order valence-corrected chi connectivity index (χ4v) is 3.42. The van der Waals surface area contributed by atoms with Gasteiger partial charge in [0.15, 0.2) is 0 Å². The second-order valence-corrected chi connectivity index (χ2v) is 6.58. The maximum Gasteiger partial charge on any atom is 0.147 e. The number of aliphatic imine (C=N–C) groups is 1. The van der Waals surface area contributed by atoms with Crippen LogP contribution in [-0.2, 0) is 0 Å². The fraction of sp³-hybridized carbons (Fsp3) is 0.188. The van der Waals surface area contributed by atoms with Crippen LogP contribution in [0.1, 0.15) is 18.1 Å². The lowest BCUT2D eigenvalue weighted by Gasteiger charge is -2.09. The molecule has 0 aliphatic rings. The van der Waals surface area contributed by atoms with Gasteiger partial charge in [-0.05, 0) is 81.1 Å². The summed E-state index contributed by atoms with van der Waals surface area (Å²) in [6.07, 6.45) is 1.81. The van der Waals surface area contributed by atoms with Crippen molar-refractivity contribution in [2.75, 3.05) is 6.61 Å². The Kier molecular flexibility index (Phi) is 5.85. The number of hydrogen-bond donors (Lipinski definition) is 0. The van der Waals surface area contributed by atoms with E-state index in [4.69, 9.17) is 16.3 Å². The average Bonchev–Trinajstić information content (AvgIpc) is 2.44. The van der Waals surface area contributed by atoms with E-state index >= 15 is 0 Å². The lowest BCUT2D eigenvalue weighted by Crippen LogP contribution is -1.95. The molecular weight excluding hydrogens is 417 g/mol. The third kappa shape index (κ3) is 4.31. The summed E-state index contributed by atoms with van der Waals surface area (Å²) in [5, 5.41) is 0.682. The van der Waals surface area contributed by atoms with Gasteiger partial charge in [-0.2, -0.15) is 0 Å². The number of benzene rings is 2. The molecule has 0 aliphatic carbocycles. The Labute approximate surface area is 146 Å². The van der Waals surface area contributed by atoms with Gasteiger partial charge in [0, 0.05) is 11.2 Å². The van der Waals surface area contributed by atoms with Crippen LogP contribution in [0.2, 0.25) is 5.02 Å². The summed E-state index contributed by atoms with van der Waals surface area (Å²) in [6, 6.07) is 9.61. The number of halogens is 3. The Bertz CT molecular complexity index is 663. The van der Waals surface area contributed by atoms with Crippen molar-refractivity contribution in [1.29, 1.82) is 0 Å². The van der Waals surface area contributed by atoms with Gasteiger partial charge < -0.3 is 4.74 Å². The molecule has 2 aromatic carbocycles. The maximum atomic E-state index is 6.00. The molecule has 2 nitrogen and oxygen atoms in total. The van der Waals surface area contributed by atoms with Crippen molar-refractivity contribution in [2.45, 2.75) is 13.8 Å². The topological polar surface area (TPSA) is 21.6 Å². The van der Waals surface area contributed by atoms with Crippen molar-refractivity contribution in [3.63, 3.8) is 0 Å². The van der Waals surface area contributed by atoms with Gasteiger partial charge in [0.2, 0.25) is 0 Å². The third-order valence-corrected chi connectivity index (χ3v) is 4.25. The highest BCUT2D eigenvalue weighted by Crippen LogP contribution is 2.34. The zero-order chi connectivity index (χ0) is 15.4. The average molecular weight is 432 g/mol. The lowest BCUT2D eigenvalue weighted by molar-refractivity contribution is 0.336. The van der Waals surface area contributed by atoms with Crippen molar-refractivity contribution >= 4 is 55.4 Å². The first-order valence-corrected chi connectivity index (χ1v) is 8.39. The number of rotatable bonds is 4. The molecule has 0 N–H and O–H groups in total.